The Balaban J connectivity index is 0.00000112. The van der Waals surface area contributed by atoms with Crippen LogP contribution in [0.3, 0.4) is 0 Å². The van der Waals surface area contributed by atoms with Crippen molar-refractivity contribution >= 4 is 24.2 Å². The van der Waals surface area contributed by atoms with Gasteiger partial charge in [-0.1, -0.05) is 11.5 Å². The number of hydrogen-bond acceptors (Lipinski definition) is 2. The summed E-state index contributed by atoms with van der Waals surface area (Å²) in [4.78, 5) is 14.4. The zero-order valence-corrected chi connectivity index (χ0v) is 11.1. The average Bonchev–Trinajstić information content (AvgIpc) is 2.41. The number of aromatic nitrogens is 1. The van der Waals surface area contributed by atoms with Gasteiger partial charge in [-0.15, -0.1) is 0 Å². The SMILES string of the molecule is O=C1Cc2cc([B-](F)(F)F)cnc2N1.[K+]. The molecular weight excluding hydrogens is 235 g/mol. The molecule has 0 aromatic carbocycles. The number of nitrogens with one attached hydrogen (secondary N) is 1. The van der Waals surface area contributed by atoms with Crippen LogP contribution in [-0.4, -0.2) is 17.9 Å². The van der Waals surface area contributed by atoms with Crippen molar-refractivity contribution < 1.29 is 69.1 Å². The van der Waals surface area contributed by atoms with Gasteiger partial charge in [-0.3, -0.25) is 4.79 Å². The van der Waals surface area contributed by atoms with Gasteiger partial charge >= 0.3 is 58.4 Å². The van der Waals surface area contributed by atoms with E-state index in [2.05, 4.69) is 10.3 Å². The van der Waals surface area contributed by atoms with E-state index in [1.165, 1.54) is 0 Å². The van der Waals surface area contributed by atoms with Crippen LogP contribution < -0.4 is 62.2 Å². The first-order chi connectivity index (χ1) is 6.47. The van der Waals surface area contributed by atoms with Gasteiger partial charge in [0.1, 0.15) is 5.82 Å². The molecule has 0 radical (unpaired) electrons. The minimum Gasteiger partial charge on any atom is -0.445 e. The van der Waals surface area contributed by atoms with Crippen molar-refractivity contribution in [2.45, 2.75) is 6.42 Å². The number of carbonyl (C=O) groups excluding carboxylic acids is 1. The number of pyridine rings is 1. The maximum absolute atomic E-state index is 12.3. The molecule has 1 N–H and O–H groups in total. The number of halogens is 3. The largest absolute Gasteiger partial charge is 1.00 e. The van der Waals surface area contributed by atoms with Gasteiger partial charge in [-0.25, -0.2) is 4.98 Å². The van der Waals surface area contributed by atoms with Crippen LogP contribution in [0.25, 0.3) is 0 Å². The molecule has 15 heavy (non-hydrogen) atoms. The molecule has 0 atom stereocenters. The van der Waals surface area contributed by atoms with E-state index in [0.29, 0.717) is 5.56 Å². The molecule has 0 bridgehead atoms. The minimum atomic E-state index is -5.03. The topological polar surface area (TPSA) is 42.0 Å². The van der Waals surface area contributed by atoms with Gasteiger partial charge in [0.2, 0.25) is 5.91 Å². The van der Waals surface area contributed by atoms with E-state index in [-0.39, 0.29) is 69.5 Å². The number of carbonyl (C=O) groups is 1. The van der Waals surface area contributed by atoms with E-state index in [4.69, 9.17) is 0 Å². The first-order valence-corrected chi connectivity index (χ1v) is 3.95. The molecule has 0 saturated heterocycles. The number of amides is 1. The van der Waals surface area contributed by atoms with Crippen molar-refractivity contribution in [2.24, 2.45) is 0 Å². The van der Waals surface area contributed by atoms with E-state index in [1.807, 2.05) is 0 Å². The van der Waals surface area contributed by atoms with Crippen LogP contribution in [0.1, 0.15) is 5.56 Å². The molecule has 1 amide bonds. The fourth-order valence-corrected chi connectivity index (χ4v) is 1.30. The molecule has 0 unspecified atom stereocenters. The monoisotopic (exact) mass is 240 g/mol. The van der Waals surface area contributed by atoms with Gasteiger partial charge in [0.05, 0.1) is 6.42 Å². The molecule has 1 aromatic rings. The Labute approximate surface area is 126 Å². The van der Waals surface area contributed by atoms with Crippen molar-refractivity contribution in [1.29, 1.82) is 0 Å². The van der Waals surface area contributed by atoms with Crippen molar-refractivity contribution in [2.75, 3.05) is 5.32 Å². The quantitative estimate of drug-likeness (QED) is 0.558. The molecule has 2 heterocycles. The predicted octanol–water partition coefficient (Wildman–Crippen LogP) is -2.37. The third-order valence-corrected chi connectivity index (χ3v) is 1.97. The van der Waals surface area contributed by atoms with Crippen molar-refractivity contribution in [3.63, 3.8) is 0 Å². The summed E-state index contributed by atoms with van der Waals surface area (Å²) >= 11 is 0. The molecule has 1 aromatic heterocycles. The second kappa shape index (κ2) is 4.54. The molecule has 74 valence electrons. The Morgan fingerprint density at radius 2 is 2.07 bits per heavy atom. The van der Waals surface area contributed by atoms with Crippen LogP contribution in [0.5, 0.6) is 0 Å². The zero-order valence-electron chi connectivity index (χ0n) is 7.93. The molecule has 3 nitrogen and oxygen atoms in total. The van der Waals surface area contributed by atoms with Gasteiger partial charge in [0.25, 0.3) is 0 Å². The summed E-state index contributed by atoms with van der Waals surface area (Å²) in [6.07, 6.45) is 0.715. The third-order valence-electron chi connectivity index (χ3n) is 1.97. The van der Waals surface area contributed by atoms with Gasteiger partial charge in [0.15, 0.2) is 0 Å². The van der Waals surface area contributed by atoms with E-state index >= 15 is 0 Å². The molecule has 0 saturated carbocycles. The van der Waals surface area contributed by atoms with Gasteiger partial charge in [0, 0.05) is 11.8 Å². The van der Waals surface area contributed by atoms with Crippen LogP contribution in [0.4, 0.5) is 18.8 Å². The van der Waals surface area contributed by atoms with Crippen LogP contribution in [0.15, 0.2) is 12.3 Å². The predicted molar refractivity (Wildman–Crippen MR) is 45.3 cm³/mol. The van der Waals surface area contributed by atoms with Crippen LogP contribution in [-0.2, 0) is 11.2 Å². The fraction of sp³-hybridized carbons (Fsp3) is 0.143. The Morgan fingerprint density at radius 3 is 2.67 bits per heavy atom. The molecule has 1 aliphatic heterocycles. The maximum atomic E-state index is 12.3. The van der Waals surface area contributed by atoms with Crippen LogP contribution >= 0.6 is 0 Å². The second-order valence-electron chi connectivity index (χ2n) is 3.08. The molecule has 2 rings (SSSR count). The van der Waals surface area contributed by atoms with Gasteiger partial charge in [-0.05, 0) is 0 Å². The number of hydrogen-bond donors (Lipinski definition) is 1. The average molecular weight is 240 g/mol. The molecule has 0 aliphatic carbocycles. The number of fused-ring (bicyclic) bond motifs is 1. The maximum Gasteiger partial charge on any atom is 1.00 e. The first-order valence-electron chi connectivity index (χ1n) is 3.95. The summed E-state index contributed by atoms with van der Waals surface area (Å²) < 4.78 is 36.8. The standard InChI is InChI=1S/C7H5BF3N2O.K/c9-8(10,11)5-1-4-2-6(14)13-7(4)12-3-5;/h1,3H,2H2,(H,12,13,14);/q-1;+1. The normalized spacial score (nSPS) is 14.2. The van der Waals surface area contributed by atoms with E-state index in [9.17, 15) is 17.7 Å². The van der Waals surface area contributed by atoms with E-state index in [0.717, 1.165) is 12.3 Å². The molecule has 0 fully saturated rings. The molecular formula is C7H5BF3KN2O. The number of nitrogens with zero attached hydrogens (tertiary/aromatic N) is 1. The van der Waals surface area contributed by atoms with Gasteiger partial charge in [-0.2, -0.15) is 0 Å². The van der Waals surface area contributed by atoms with Gasteiger partial charge < -0.3 is 18.3 Å². The smallest absolute Gasteiger partial charge is 0.445 e. The van der Waals surface area contributed by atoms with Crippen LogP contribution in [0, 0.1) is 0 Å². The Bertz CT molecular complexity index is 410. The Hall–Kier alpha value is 0.111. The summed E-state index contributed by atoms with van der Waals surface area (Å²) in [7, 11) is 0. The third kappa shape index (κ3) is 2.82. The zero-order chi connectivity index (χ0) is 10.3. The van der Waals surface area contributed by atoms with E-state index in [1.54, 1.807) is 0 Å². The van der Waals surface area contributed by atoms with Crippen molar-refractivity contribution in [3.8, 4) is 0 Å². The fourth-order valence-electron chi connectivity index (χ4n) is 1.30. The Kier molecular flexibility index (Phi) is 3.99. The van der Waals surface area contributed by atoms with Crippen molar-refractivity contribution in [3.05, 3.63) is 17.8 Å². The second-order valence-corrected chi connectivity index (χ2v) is 3.08. The summed E-state index contributed by atoms with van der Waals surface area (Å²) in [5.41, 5.74) is -0.452. The van der Waals surface area contributed by atoms with E-state index < -0.39 is 12.4 Å². The first kappa shape index (κ1) is 13.2. The summed E-state index contributed by atoms with van der Waals surface area (Å²) in [5, 5.41) is 2.37. The molecule has 0 spiro atoms. The minimum absolute atomic E-state index is 0. The summed E-state index contributed by atoms with van der Waals surface area (Å²) in [6.45, 7) is -5.03. The van der Waals surface area contributed by atoms with Crippen LogP contribution in [0.2, 0.25) is 0 Å². The number of anilines is 1. The summed E-state index contributed by atoms with van der Waals surface area (Å²) in [6, 6.07) is 0.972. The summed E-state index contributed by atoms with van der Waals surface area (Å²) in [5.74, 6) is -0.0851. The molecule has 8 heteroatoms. The van der Waals surface area contributed by atoms with Crippen molar-refractivity contribution in [1.82, 2.24) is 4.98 Å². The molecule has 1 aliphatic rings. The Morgan fingerprint density at radius 1 is 1.40 bits per heavy atom. The number of rotatable bonds is 1.